The first-order valence-corrected chi connectivity index (χ1v) is 8.63. The number of amides is 1. The van der Waals surface area contributed by atoms with Gasteiger partial charge in [0.25, 0.3) is 5.91 Å². The third kappa shape index (κ3) is 3.58. The molecule has 0 aliphatic rings. The van der Waals surface area contributed by atoms with E-state index in [4.69, 9.17) is 16.3 Å². The lowest BCUT2D eigenvalue weighted by Crippen LogP contribution is -2.27. The normalized spacial score (nSPS) is 11.8. The summed E-state index contributed by atoms with van der Waals surface area (Å²) in [7, 11) is 1.62. The van der Waals surface area contributed by atoms with Crippen molar-refractivity contribution in [3.63, 3.8) is 0 Å². The van der Waals surface area contributed by atoms with Crippen molar-refractivity contribution in [2.45, 2.75) is 19.9 Å². The molecule has 0 spiro atoms. The van der Waals surface area contributed by atoms with Crippen molar-refractivity contribution >= 4 is 17.5 Å². The molecule has 6 heteroatoms. The Bertz CT molecular complexity index is 919. The number of benzene rings is 2. The van der Waals surface area contributed by atoms with Crippen LogP contribution in [0.25, 0.3) is 5.69 Å². The highest BCUT2D eigenvalue weighted by Crippen LogP contribution is 2.25. The van der Waals surface area contributed by atoms with E-state index in [1.54, 1.807) is 30.1 Å². The number of hydrogen-bond acceptors (Lipinski definition) is 3. The second kappa shape index (κ2) is 7.62. The lowest BCUT2D eigenvalue weighted by Gasteiger charge is -2.17. The molecule has 1 heterocycles. The molecule has 0 saturated heterocycles. The molecule has 3 aromatic rings. The predicted octanol–water partition coefficient (Wildman–Crippen LogP) is 4.33. The Balaban J connectivity index is 1.81. The van der Waals surface area contributed by atoms with Crippen LogP contribution in [-0.4, -0.2) is 22.8 Å². The number of ether oxygens (including phenoxy) is 1. The van der Waals surface area contributed by atoms with Gasteiger partial charge in [-0.2, -0.15) is 5.10 Å². The predicted molar refractivity (Wildman–Crippen MR) is 102 cm³/mol. The highest BCUT2D eigenvalue weighted by molar-refractivity contribution is 6.30. The number of nitrogens with zero attached hydrogens (tertiary/aromatic N) is 2. The molecule has 1 atom stereocenters. The van der Waals surface area contributed by atoms with E-state index < -0.39 is 0 Å². The highest BCUT2D eigenvalue weighted by atomic mass is 35.5. The van der Waals surface area contributed by atoms with Crippen LogP contribution in [0.5, 0.6) is 5.75 Å². The molecule has 0 bridgehead atoms. The van der Waals surface area contributed by atoms with E-state index in [1.807, 2.05) is 50.2 Å². The quantitative estimate of drug-likeness (QED) is 0.728. The first-order valence-electron chi connectivity index (χ1n) is 8.25. The van der Waals surface area contributed by atoms with Gasteiger partial charge in [-0.3, -0.25) is 4.79 Å². The standard InChI is InChI=1S/C20H20ClN3O2/c1-13(17-6-4-5-7-19(17)26-3)23-20(25)18-12-22-24(14(18)2)16-10-8-15(21)9-11-16/h4-13H,1-3H3,(H,23,25). The molecule has 5 nitrogen and oxygen atoms in total. The van der Waals surface area contributed by atoms with Gasteiger partial charge >= 0.3 is 0 Å². The first kappa shape index (κ1) is 18.0. The van der Waals surface area contributed by atoms with E-state index in [1.165, 1.54) is 0 Å². The average Bonchev–Trinajstić information content (AvgIpc) is 3.03. The summed E-state index contributed by atoms with van der Waals surface area (Å²) in [4.78, 5) is 12.7. The highest BCUT2D eigenvalue weighted by Gasteiger charge is 2.19. The molecule has 1 aromatic heterocycles. The lowest BCUT2D eigenvalue weighted by atomic mass is 10.1. The molecule has 0 fully saturated rings. The number of aromatic nitrogens is 2. The molecule has 134 valence electrons. The molecule has 0 aliphatic heterocycles. The van der Waals surface area contributed by atoms with Crippen molar-refractivity contribution in [1.29, 1.82) is 0 Å². The Morgan fingerprint density at radius 2 is 1.88 bits per heavy atom. The van der Waals surface area contributed by atoms with Crippen LogP contribution in [0.4, 0.5) is 0 Å². The molecule has 0 radical (unpaired) electrons. The maximum atomic E-state index is 12.7. The second-order valence-corrected chi connectivity index (χ2v) is 6.41. The summed E-state index contributed by atoms with van der Waals surface area (Å²) in [5.41, 5.74) is 3.06. The minimum Gasteiger partial charge on any atom is -0.496 e. The topological polar surface area (TPSA) is 56.1 Å². The Morgan fingerprint density at radius 1 is 1.19 bits per heavy atom. The van der Waals surface area contributed by atoms with Crippen LogP contribution in [0.3, 0.4) is 0 Å². The van der Waals surface area contributed by atoms with Crippen LogP contribution in [0.2, 0.25) is 5.02 Å². The van der Waals surface area contributed by atoms with E-state index >= 15 is 0 Å². The van der Waals surface area contributed by atoms with Gasteiger partial charge < -0.3 is 10.1 Å². The molecule has 1 amide bonds. The minimum atomic E-state index is -0.197. The first-order chi connectivity index (χ1) is 12.5. The van der Waals surface area contributed by atoms with Gasteiger partial charge in [0.05, 0.1) is 36.3 Å². The number of rotatable bonds is 5. The van der Waals surface area contributed by atoms with E-state index in [0.717, 1.165) is 22.7 Å². The third-order valence-electron chi connectivity index (χ3n) is 4.28. The summed E-state index contributed by atoms with van der Waals surface area (Å²) >= 11 is 5.93. The van der Waals surface area contributed by atoms with Crippen LogP contribution in [-0.2, 0) is 0 Å². The van der Waals surface area contributed by atoms with E-state index in [2.05, 4.69) is 10.4 Å². The summed E-state index contributed by atoms with van der Waals surface area (Å²) in [5, 5.41) is 8.00. The zero-order valence-electron chi connectivity index (χ0n) is 14.9. The Kier molecular flexibility index (Phi) is 5.28. The molecule has 1 N–H and O–H groups in total. The van der Waals surface area contributed by atoms with Crippen LogP contribution in [0, 0.1) is 6.92 Å². The number of hydrogen-bond donors (Lipinski definition) is 1. The number of methoxy groups -OCH3 is 1. The molecule has 3 rings (SSSR count). The molecular weight excluding hydrogens is 350 g/mol. The molecule has 0 saturated carbocycles. The number of para-hydroxylation sites is 1. The van der Waals surface area contributed by atoms with Crippen LogP contribution >= 0.6 is 11.6 Å². The summed E-state index contributed by atoms with van der Waals surface area (Å²) in [6.07, 6.45) is 1.58. The molecule has 0 aliphatic carbocycles. The zero-order chi connectivity index (χ0) is 18.7. The van der Waals surface area contributed by atoms with Crippen molar-refractivity contribution in [2.75, 3.05) is 7.11 Å². The number of nitrogens with one attached hydrogen (secondary N) is 1. The zero-order valence-corrected chi connectivity index (χ0v) is 15.6. The molecular formula is C20H20ClN3O2. The molecule has 2 aromatic carbocycles. The van der Waals surface area contributed by atoms with E-state index in [9.17, 15) is 4.79 Å². The summed E-state index contributed by atoms with van der Waals surface area (Å²) < 4.78 is 7.09. The van der Waals surface area contributed by atoms with Crippen LogP contribution < -0.4 is 10.1 Å². The van der Waals surface area contributed by atoms with Gasteiger partial charge in [-0.25, -0.2) is 4.68 Å². The lowest BCUT2D eigenvalue weighted by molar-refractivity contribution is 0.0939. The number of halogens is 1. The second-order valence-electron chi connectivity index (χ2n) is 5.97. The summed E-state index contributed by atoms with van der Waals surface area (Å²) in [5.74, 6) is 0.565. The van der Waals surface area contributed by atoms with Crippen molar-refractivity contribution in [3.8, 4) is 11.4 Å². The van der Waals surface area contributed by atoms with E-state index in [0.29, 0.717) is 10.6 Å². The fraction of sp³-hybridized carbons (Fsp3) is 0.200. The van der Waals surface area contributed by atoms with Gasteiger partial charge in [0.15, 0.2) is 0 Å². The fourth-order valence-electron chi connectivity index (χ4n) is 2.85. The van der Waals surface area contributed by atoms with Crippen molar-refractivity contribution < 1.29 is 9.53 Å². The monoisotopic (exact) mass is 369 g/mol. The molecule has 26 heavy (non-hydrogen) atoms. The van der Waals surface area contributed by atoms with E-state index in [-0.39, 0.29) is 11.9 Å². The van der Waals surface area contributed by atoms with Gasteiger partial charge in [-0.1, -0.05) is 29.8 Å². The van der Waals surface area contributed by atoms with Crippen molar-refractivity contribution in [3.05, 3.63) is 76.6 Å². The maximum absolute atomic E-state index is 12.7. The Morgan fingerprint density at radius 3 is 2.58 bits per heavy atom. The van der Waals surface area contributed by atoms with Gasteiger partial charge in [0.1, 0.15) is 5.75 Å². The smallest absolute Gasteiger partial charge is 0.255 e. The van der Waals surface area contributed by atoms with Gasteiger partial charge in [-0.05, 0) is 44.2 Å². The Hall–Kier alpha value is -2.79. The minimum absolute atomic E-state index is 0.180. The molecule has 1 unspecified atom stereocenters. The van der Waals surface area contributed by atoms with Crippen LogP contribution in [0.15, 0.2) is 54.7 Å². The average molecular weight is 370 g/mol. The summed E-state index contributed by atoms with van der Waals surface area (Å²) in [6.45, 7) is 3.79. The van der Waals surface area contributed by atoms with Crippen molar-refractivity contribution in [2.24, 2.45) is 0 Å². The number of carbonyl (C=O) groups is 1. The summed E-state index contributed by atoms with van der Waals surface area (Å²) in [6, 6.07) is 14.8. The van der Waals surface area contributed by atoms with Crippen LogP contribution in [0.1, 0.15) is 34.6 Å². The maximum Gasteiger partial charge on any atom is 0.255 e. The SMILES string of the molecule is COc1ccccc1C(C)NC(=O)c1cnn(-c2ccc(Cl)cc2)c1C. The van der Waals surface area contributed by atoms with Gasteiger partial charge in [0.2, 0.25) is 0 Å². The van der Waals surface area contributed by atoms with Crippen molar-refractivity contribution in [1.82, 2.24) is 15.1 Å². The van der Waals surface area contributed by atoms with Gasteiger partial charge in [0, 0.05) is 10.6 Å². The van der Waals surface area contributed by atoms with Gasteiger partial charge in [-0.15, -0.1) is 0 Å². The third-order valence-corrected chi connectivity index (χ3v) is 4.53. The Labute approximate surface area is 157 Å². The fourth-order valence-corrected chi connectivity index (χ4v) is 2.98. The largest absolute Gasteiger partial charge is 0.496 e. The number of carbonyl (C=O) groups excluding carboxylic acids is 1.